The number of pyridine rings is 2. The van der Waals surface area contributed by atoms with Gasteiger partial charge in [-0.25, -0.2) is 0 Å². The Bertz CT molecular complexity index is 995. The van der Waals surface area contributed by atoms with Crippen LogP contribution in [-0.2, 0) is 12.8 Å². The van der Waals surface area contributed by atoms with Crippen LogP contribution in [0.4, 0.5) is 0 Å². The maximum absolute atomic E-state index is 4.87. The number of aromatic nitrogens is 2. The normalized spacial score (nSPS) is 14.9. The molecule has 0 unspecified atom stereocenters. The van der Waals surface area contributed by atoms with E-state index in [2.05, 4.69) is 53.2 Å². The third-order valence-electron chi connectivity index (χ3n) is 4.76. The predicted octanol–water partition coefficient (Wildman–Crippen LogP) is 3.57. The zero-order chi connectivity index (χ0) is 13.8. The molecule has 0 bridgehead atoms. The van der Waals surface area contributed by atoms with E-state index in [0.29, 0.717) is 0 Å². The van der Waals surface area contributed by atoms with Crippen molar-refractivity contribution in [2.24, 2.45) is 0 Å². The van der Waals surface area contributed by atoms with Gasteiger partial charge in [0.05, 0.1) is 0 Å². The second-order valence-electron chi connectivity index (χ2n) is 6.03. The van der Waals surface area contributed by atoms with E-state index >= 15 is 0 Å². The van der Waals surface area contributed by atoms with E-state index in [0.717, 1.165) is 11.0 Å². The van der Waals surface area contributed by atoms with Crippen molar-refractivity contribution >= 4 is 27.3 Å². The van der Waals surface area contributed by atoms with Gasteiger partial charge in [0, 0.05) is 17.7 Å². The van der Waals surface area contributed by atoms with Crippen molar-refractivity contribution in [1.82, 2.24) is 4.98 Å². The fourth-order valence-electron chi connectivity index (χ4n) is 3.68. The van der Waals surface area contributed by atoms with Gasteiger partial charge in [-0.3, -0.25) is 0 Å². The summed E-state index contributed by atoms with van der Waals surface area (Å²) in [6.45, 7) is 0. The molecule has 3 heterocycles. The number of fused-ring (bicyclic) bond motifs is 6. The summed E-state index contributed by atoms with van der Waals surface area (Å²) in [5, 5.41) is 2.52. The standard InChI is InChI=1S/C19H16N2/c1-2-6-14-12-21-10-9-16-15-7-3-4-8-17(15)20-19(16)18(21)11-13(14)5-1/h3-4,7-12H,1-2,5-6H2. The van der Waals surface area contributed by atoms with Gasteiger partial charge in [0.15, 0.2) is 17.9 Å². The second-order valence-corrected chi connectivity index (χ2v) is 6.03. The van der Waals surface area contributed by atoms with Gasteiger partial charge in [-0.1, -0.05) is 29.8 Å². The highest BCUT2D eigenvalue weighted by molar-refractivity contribution is 6.10. The average molecular weight is 272 g/mol. The molecule has 0 saturated carbocycles. The lowest BCUT2D eigenvalue weighted by Crippen LogP contribution is -2.24. The van der Waals surface area contributed by atoms with Gasteiger partial charge in [-0.15, -0.1) is 5.52 Å². The summed E-state index contributed by atoms with van der Waals surface area (Å²) < 4.78 is 2.25. The molecule has 5 rings (SSSR count). The van der Waals surface area contributed by atoms with Crippen molar-refractivity contribution in [3.63, 3.8) is 0 Å². The smallest absolute Gasteiger partial charge is 0.196 e. The number of nitrogens with zero attached hydrogens (tertiary/aromatic N) is 2. The number of aryl methyl sites for hydroxylation is 2. The molecule has 0 N–H and O–H groups in total. The van der Waals surface area contributed by atoms with E-state index < -0.39 is 0 Å². The van der Waals surface area contributed by atoms with Crippen molar-refractivity contribution in [3.05, 3.63) is 59.9 Å². The Morgan fingerprint density at radius 1 is 0.905 bits per heavy atom. The molecule has 0 fully saturated rings. The summed E-state index contributed by atoms with van der Waals surface area (Å²) >= 11 is 0. The Kier molecular flexibility index (Phi) is 2.20. The molecule has 0 saturated heterocycles. The highest BCUT2D eigenvalue weighted by atomic mass is 14.9. The van der Waals surface area contributed by atoms with E-state index in [4.69, 9.17) is 4.98 Å². The minimum Gasteiger partial charge on any atom is -0.651 e. The van der Waals surface area contributed by atoms with Crippen LogP contribution in [0.15, 0.2) is 48.8 Å². The monoisotopic (exact) mass is 272 g/mol. The first kappa shape index (κ1) is 11.3. The molecule has 1 aliphatic rings. The maximum atomic E-state index is 4.87. The van der Waals surface area contributed by atoms with E-state index in [9.17, 15) is 0 Å². The molecule has 102 valence electrons. The molecule has 0 spiro atoms. The van der Waals surface area contributed by atoms with Gasteiger partial charge in [0.25, 0.3) is 0 Å². The van der Waals surface area contributed by atoms with E-state index in [1.807, 2.05) is 0 Å². The Morgan fingerprint density at radius 3 is 2.71 bits per heavy atom. The van der Waals surface area contributed by atoms with Crippen LogP contribution in [0.1, 0.15) is 24.0 Å². The Hall–Kier alpha value is -2.35. The van der Waals surface area contributed by atoms with Crippen LogP contribution in [0, 0.1) is 0 Å². The lowest BCUT2D eigenvalue weighted by Gasteiger charge is -2.14. The zero-order valence-corrected chi connectivity index (χ0v) is 11.8. The topological polar surface area (TPSA) is 18.2 Å². The van der Waals surface area contributed by atoms with Crippen LogP contribution in [0.2, 0.25) is 0 Å². The molecule has 2 heteroatoms. The second kappa shape index (κ2) is 4.08. The van der Waals surface area contributed by atoms with Crippen LogP contribution in [0.25, 0.3) is 27.3 Å². The van der Waals surface area contributed by atoms with Crippen molar-refractivity contribution in [2.45, 2.75) is 25.7 Å². The minimum absolute atomic E-state index is 1.10. The molecule has 21 heavy (non-hydrogen) atoms. The third kappa shape index (κ3) is 1.56. The lowest BCUT2D eigenvalue weighted by molar-refractivity contribution is -0.511. The van der Waals surface area contributed by atoms with E-state index in [1.165, 1.54) is 53.1 Å². The molecular formula is C19H16N2. The molecule has 0 radical (unpaired) electrons. The third-order valence-corrected chi connectivity index (χ3v) is 4.76. The van der Waals surface area contributed by atoms with Crippen LogP contribution < -0.4 is 9.38 Å². The minimum atomic E-state index is 1.10. The highest BCUT2D eigenvalue weighted by Crippen LogP contribution is 2.27. The molecular weight excluding hydrogens is 256 g/mol. The lowest BCUT2D eigenvalue weighted by atomic mass is 9.93. The van der Waals surface area contributed by atoms with Crippen LogP contribution in [0.3, 0.4) is 0 Å². The van der Waals surface area contributed by atoms with Gasteiger partial charge in [-0.05, 0) is 42.0 Å². The molecule has 4 aromatic rings. The number of para-hydroxylation sites is 1. The highest BCUT2D eigenvalue weighted by Gasteiger charge is 2.15. The molecule has 0 amide bonds. The summed E-state index contributed by atoms with van der Waals surface area (Å²) in [5.41, 5.74) is 6.49. The molecule has 1 aromatic carbocycles. The van der Waals surface area contributed by atoms with Gasteiger partial charge in [0.2, 0.25) is 0 Å². The Labute approximate surface area is 123 Å². The first-order chi connectivity index (χ1) is 10.4. The Balaban J connectivity index is 1.94. The van der Waals surface area contributed by atoms with E-state index in [1.54, 1.807) is 0 Å². The van der Waals surface area contributed by atoms with E-state index in [-0.39, 0.29) is 0 Å². The number of hydrogen-bond donors (Lipinski definition) is 0. The molecule has 3 aromatic heterocycles. The summed E-state index contributed by atoms with van der Waals surface area (Å²) in [6.07, 6.45) is 9.55. The Morgan fingerprint density at radius 2 is 1.76 bits per heavy atom. The molecule has 1 aliphatic carbocycles. The summed E-state index contributed by atoms with van der Waals surface area (Å²) in [5.74, 6) is 0. The van der Waals surface area contributed by atoms with Crippen LogP contribution in [-0.4, -0.2) is 0 Å². The fraction of sp³-hybridized carbons (Fsp3) is 0.211. The summed E-state index contributed by atoms with van der Waals surface area (Å²) in [7, 11) is 0. The number of rotatable bonds is 0. The molecule has 0 atom stereocenters. The SMILES string of the molecule is c1ccc2c(c1)[n-]c1c2cc[n+]2cc3c(cc12)CCCC3. The summed E-state index contributed by atoms with van der Waals surface area (Å²) in [4.78, 5) is 4.87. The van der Waals surface area contributed by atoms with Gasteiger partial charge in [-0.2, -0.15) is 4.40 Å². The first-order valence-corrected chi connectivity index (χ1v) is 7.71. The van der Waals surface area contributed by atoms with Crippen molar-refractivity contribution in [2.75, 3.05) is 0 Å². The quantitative estimate of drug-likeness (QED) is 0.448. The average Bonchev–Trinajstić information content (AvgIpc) is 2.92. The largest absolute Gasteiger partial charge is 0.651 e. The zero-order valence-electron chi connectivity index (χ0n) is 11.8. The number of benzene rings is 1. The van der Waals surface area contributed by atoms with Crippen molar-refractivity contribution in [3.8, 4) is 0 Å². The maximum Gasteiger partial charge on any atom is 0.196 e. The van der Waals surface area contributed by atoms with Crippen LogP contribution >= 0.6 is 0 Å². The predicted molar refractivity (Wildman–Crippen MR) is 84.6 cm³/mol. The first-order valence-electron chi connectivity index (χ1n) is 7.71. The fourth-order valence-corrected chi connectivity index (χ4v) is 3.68. The van der Waals surface area contributed by atoms with Gasteiger partial charge in [0.1, 0.15) is 0 Å². The van der Waals surface area contributed by atoms with Crippen LogP contribution in [0.5, 0.6) is 0 Å². The van der Waals surface area contributed by atoms with Crippen molar-refractivity contribution in [1.29, 1.82) is 0 Å². The van der Waals surface area contributed by atoms with Gasteiger partial charge >= 0.3 is 0 Å². The molecule has 0 aliphatic heterocycles. The summed E-state index contributed by atoms with van der Waals surface area (Å²) in [6, 6.07) is 13.0. The van der Waals surface area contributed by atoms with Crippen molar-refractivity contribution < 1.29 is 4.40 Å². The van der Waals surface area contributed by atoms with Gasteiger partial charge < -0.3 is 4.98 Å². The molecule has 2 nitrogen and oxygen atoms in total. The number of hydrogen-bond acceptors (Lipinski definition) is 0.